The first-order valence-corrected chi connectivity index (χ1v) is 20.7. The molecular formula is C41H67N11O8. The van der Waals surface area contributed by atoms with Crippen molar-refractivity contribution in [2.45, 2.75) is 128 Å². The molecule has 2 aromatic rings. The third-order valence-electron chi connectivity index (χ3n) is 10.5. The van der Waals surface area contributed by atoms with E-state index in [0.717, 1.165) is 10.9 Å². The molecule has 14 N–H and O–H groups in total. The van der Waals surface area contributed by atoms with Crippen LogP contribution in [0.3, 0.4) is 0 Å². The Hall–Kier alpha value is -5.27. The Balaban J connectivity index is 1.92. The van der Waals surface area contributed by atoms with Crippen LogP contribution in [-0.2, 0) is 35.2 Å². The summed E-state index contributed by atoms with van der Waals surface area (Å²) in [4.78, 5) is 90.5. The molecule has 1 aromatic carbocycles. The quantitative estimate of drug-likeness (QED) is 0.0386. The van der Waals surface area contributed by atoms with Crippen molar-refractivity contribution in [1.29, 1.82) is 0 Å². The molecular weight excluding hydrogens is 775 g/mol. The molecule has 334 valence electrons. The van der Waals surface area contributed by atoms with Gasteiger partial charge in [-0.2, -0.15) is 0 Å². The molecule has 19 heteroatoms. The molecule has 5 amide bonds. The molecule has 0 spiro atoms. The van der Waals surface area contributed by atoms with Crippen LogP contribution in [0.15, 0.2) is 35.5 Å². The predicted octanol–water partition coefficient (Wildman–Crippen LogP) is -0.441. The van der Waals surface area contributed by atoms with Gasteiger partial charge in [-0.25, -0.2) is 4.79 Å². The number of hydrogen-bond acceptors (Lipinski definition) is 10. The Morgan fingerprint density at radius 2 is 1.55 bits per heavy atom. The first-order chi connectivity index (χ1) is 28.3. The minimum atomic E-state index is -1.29. The molecule has 1 fully saturated rings. The van der Waals surface area contributed by atoms with E-state index in [-0.39, 0.29) is 44.1 Å². The summed E-state index contributed by atoms with van der Waals surface area (Å²) in [5.74, 6) is -4.48. The molecule has 0 radical (unpaired) electrons. The highest BCUT2D eigenvalue weighted by atomic mass is 16.4. The number of benzene rings is 1. The number of likely N-dealkylation sites (tertiary alicyclic amines) is 1. The Labute approximate surface area is 351 Å². The number of guanidine groups is 1. The van der Waals surface area contributed by atoms with Gasteiger partial charge in [-0.1, -0.05) is 52.8 Å². The molecule has 2 heterocycles. The van der Waals surface area contributed by atoms with Crippen LogP contribution >= 0.6 is 0 Å². The van der Waals surface area contributed by atoms with Gasteiger partial charge in [-0.05, 0) is 75.1 Å². The van der Waals surface area contributed by atoms with Crippen LogP contribution in [0.4, 0.5) is 0 Å². The van der Waals surface area contributed by atoms with E-state index in [9.17, 15) is 39.0 Å². The number of unbranched alkanes of at least 4 members (excludes halogenated alkanes) is 1. The molecule has 7 atom stereocenters. The van der Waals surface area contributed by atoms with Crippen LogP contribution in [0.5, 0.6) is 0 Å². The summed E-state index contributed by atoms with van der Waals surface area (Å²) in [6.45, 7) is 9.31. The predicted molar refractivity (Wildman–Crippen MR) is 228 cm³/mol. The third-order valence-corrected chi connectivity index (χ3v) is 10.5. The van der Waals surface area contributed by atoms with Gasteiger partial charge in [0.15, 0.2) is 5.96 Å². The Morgan fingerprint density at radius 1 is 0.900 bits per heavy atom. The van der Waals surface area contributed by atoms with E-state index in [1.165, 1.54) is 4.90 Å². The Bertz CT molecular complexity index is 1810. The Kier molecular flexibility index (Phi) is 18.8. The minimum absolute atomic E-state index is 0.0270. The van der Waals surface area contributed by atoms with Gasteiger partial charge in [0.1, 0.15) is 30.2 Å². The van der Waals surface area contributed by atoms with E-state index in [1.807, 2.05) is 38.1 Å². The van der Waals surface area contributed by atoms with Crippen molar-refractivity contribution >= 4 is 52.4 Å². The number of aliphatic imine (C=N–C) groups is 1. The second kappa shape index (κ2) is 22.9. The van der Waals surface area contributed by atoms with Crippen LogP contribution in [0, 0.1) is 11.3 Å². The zero-order valence-corrected chi connectivity index (χ0v) is 35.8. The highest BCUT2D eigenvalue weighted by molar-refractivity contribution is 5.97. The summed E-state index contributed by atoms with van der Waals surface area (Å²) in [5.41, 5.74) is 17.2. The summed E-state index contributed by atoms with van der Waals surface area (Å²) >= 11 is 0. The monoisotopic (exact) mass is 842 g/mol. The van der Waals surface area contributed by atoms with Gasteiger partial charge in [0.25, 0.3) is 0 Å². The minimum Gasteiger partial charge on any atom is -0.480 e. The molecule has 19 nitrogen and oxygen atoms in total. The number of nitrogens with one attached hydrogen (secondary N) is 6. The highest BCUT2D eigenvalue weighted by Gasteiger charge is 2.43. The molecule has 1 aromatic heterocycles. The van der Waals surface area contributed by atoms with Crippen molar-refractivity contribution in [3.8, 4) is 0 Å². The number of para-hydroxylation sites is 1. The van der Waals surface area contributed by atoms with E-state index in [4.69, 9.17) is 17.2 Å². The van der Waals surface area contributed by atoms with Gasteiger partial charge in [-0.15, -0.1) is 0 Å². The molecule has 0 unspecified atom stereocenters. The number of rotatable bonds is 23. The zero-order valence-electron chi connectivity index (χ0n) is 35.8. The maximum absolute atomic E-state index is 14.3. The second-order valence-electron chi connectivity index (χ2n) is 17.0. The number of nitrogens with zero attached hydrogens (tertiary/aromatic N) is 2. The number of aliphatic carboxylic acids is 1. The van der Waals surface area contributed by atoms with Gasteiger partial charge in [0.05, 0.1) is 12.1 Å². The standard InChI is InChI=1S/C41H67N11O8/c1-23(2)18-31(39(59)60)50-37(57)33(41(3,4)5)51-35(55)30(19-24-21-47-27-13-8-7-12-26(24)27)49-36(56)32-20-25(53)22-52(32)38(58)29(14-9-10-16-42)48-34(54)28(45-6)15-11-17-46-40(43)44/h7-8,12-13,21,23,25,28-33,45,47,53H,9-11,14-20,22,42H2,1-6H3,(H,48,54)(H,49,56)(H,50,57)(H,51,55)(H,59,60)(H4,43,44,46)/t25-,28+,29+,30+,31+,32+,33-/m1/s1. The molecule has 60 heavy (non-hydrogen) atoms. The van der Waals surface area contributed by atoms with E-state index < -0.39 is 83.3 Å². The number of carbonyl (C=O) groups excluding carboxylic acids is 5. The number of carboxylic acids is 1. The number of aromatic amines is 1. The fourth-order valence-electron chi connectivity index (χ4n) is 7.30. The summed E-state index contributed by atoms with van der Waals surface area (Å²) < 4.78 is 0. The van der Waals surface area contributed by atoms with Crippen molar-refractivity contribution < 1.29 is 39.0 Å². The second-order valence-corrected chi connectivity index (χ2v) is 17.0. The number of hydrogen-bond donors (Lipinski definition) is 11. The average Bonchev–Trinajstić information content (AvgIpc) is 3.77. The average molecular weight is 842 g/mol. The van der Waals surface area contributed by atoms with Crippen LogP contribution < -0.4 is 43.8 Å². The summed E-state index contributed by atoms with van der Waals surface area (Å²) in [5, 5.41) is 35.4. The third kappa shape index (κ3) is 14.5. The fraction of sp³-hybridized carbons (Fsp3) is 0.634. The summed E-state index contributed by atoms with van der Waals surface area (Å²) in [6.07, 6.45) is 2.79. The summed E-state index contributed by atoms with van der Waals surface area (Å²) in [7, 11) is 1.62. The van der Waals surface area contributed by atoms with E-state index in [1.54, 1.807) is 34.0 Å². The van der Waals surface area contributed by atoms with Gasteiger partial charge in [-0.3, -0.25) is 29.0 Å². The topological polar surface area (TPSA) is 312 Å². The SMILES string of the molecule is CN[C@@H](CCCN=C(N)N)C(=O)N[C@@H](CCCCN)C(=O)N1C[C@H](O)C[C@H]1C(=O)N[C@@H](Cc1c[nH]c2ccccc12)C(=O)N[C@H](C(=O)N[C@@H](CC(C)C)C(=O)O)C(C)(C)C. The lowest BCUT2D eigenvalue weighted by Gasteiger charge is -2.33. The lowest BCUT2D eigenvalue weighted by atomic mass is 9.85. The van der Waals surface area contributed by atoms with Crippen LogP contribution in [-0.4, -0.2) is 131 Å². The lowest BCUT2D eigenvalue weighted by Crippen LogP contribution is -2.61. The van der Waals surface area contributed by atoms with Crippen LogP contribution in [0.25, 0.3) is 10.9 Å². The van der Waals surface area contributed by atoms with Crippen molar-refractivity contribution in [2.75, 3.05) is 26.7 Å². The normalized spacial score (nSPS) is 17.9. The molecule has 0 aliphatic carbocycles. The number of carbonyl (C=O) groups is 6. The number of aliphatic hydroxyl groups is 1. The molecule has 1 aliphatic rings. The largest absolute Gasteiger partial charge is 0.480 e. The van der Waals surface area contributed by atoms with Crippen molar-refractivity contribution in [3.63, 3.8) is 0 Å². The van der Waals surface area contributed by atoms with Gasteiger partial charge in [0.2, 0.25) is 29.5 Å². The molecule has 0 saturated carbocycles. The maximum Gasteiger partial charge on any atom is 0.326 e. The molecule has 3 rings (SSSR count). The van der Waals surface area contributed by atoms with E-state index >= 15 is 0 Å². The van der Waals surface area contributed by atoms with Gasteiger partial charge >= 0.3 is 5.97 Å². The first-order valence-electron chi connectivity index (χ1n) is 20.7. The number of fused-ring (bicyclic) bond motifs is 1. The number of β-amino-alcohol motifs (C(OH)–C–C–N with tert-alkyl or cyclic N) is 1. The number of aliphatic hydroxyl groups excluding tert-OH is 1. The number of amides is 5. The molecule has 1 saturated heterocycles. The maximum atomic E-state index is 14.3. The van der Waals surface area contributed by atoms with E-state index in [0.29, 0.717) is 44.3 Å². The summed E-state index contributed by atoms with van der Waals surface area (Å²) in [6, 6.07) is 0.766. The highest BCUT2D eigenvalue weighted by Crippen LogP contribution is 2.24. The van der Waals surface area contributed by atoms with E-state index in [2.05, 4.69) is 36.6 Å². The van der Waals surface area contributed by atoms with Gasteiger partial charge < -0.3 is 63.9 Å². The Morgan fingerprint density at radius 3 is 2.17 bits per heavy atom. The van der Waals surface area contributed by atoms with Crippen molar-refractivity contribution in [3.05, 3.63) is 36.0 Å². The lowest BCUT2D eigenvalue weighted by molar-refractivity contribution is -0.143. The number of carboxylic acid groups (broad SMARTS) is 1. The molecule has 0 bridgehead atoms. The zero-order chi connectivity index (χ0) is 44.7. The van der Waals surface area contributed by atoms with Crippen LogP contribution in [0.2, 0.25) is 0 Å². The first kappa shape index (κ1) is 49.1. The number of H-pyrrole nitrogens is 1. The van der Waals surface area contributed by atoms with Crippen molar-refractivity contribution in [1.82, 2.24) is 36.5 Å². The smallest absolute Gasteiger partial charge is 0.326 e. The number of nitrogens with two attached hydrogens (primary N) is 3. The van der Waals surface area contributed by atoms with Gasteiger partial charge in [0, 0.05) is 43.0 Å². The fourth-order valence-corrected chi connectivity index (χ4v) is 7.30. The number of likely N-dealkylation sites (N-methyl/N-ethyl adjacent to an activating group) is 1. The van der Waals surface area contributed by atoms with Crippen molar-refractivity contribution in [2.24, 2.45) is 33.5 Å². The van der Waals surface area contributed by atoms with Crippen LogP contribution in [0.1, 0.15) is 85.1 Å². The molecule has 1 aliphatic heterocycles. The number of aromatic nitrogens is 1.